The quantitative estimate of drug-likeness (QED) is 0.715. The topological polar surface area (TPSA) is 97.3 Å². The first-order valence-corrected chi connectivity index (χ1v) is 8.52. The van der Waals surface area contributed by atoms with E-state index in [-0.39, 0.29) is 19.0 Å². The van der Waals surface area contributed by atoms with Crippen LogP contribution in [-0.4, -0.2) is 62.3 Å². The van der Waals surface area contributed by atoms with Gasteiger partial charge >= 0.3 is 5.97 Å². The van der Waals surface area contributed by atoms with Crippen molar-refractivity contribution >= 4 is 11.9 Å². The average molecular weight is 366 g/mol. The lowest BCUT2D eigenvalue weighted by Crippen LogP contribution is -2.48. The zero-order chi connectivity index (χ0) is 19.1. The Balaban J connectivity index is 2.01. The molecule has 1 heterocycles. The number of carboxylic acid groups (broad SMARTS) is 1. The summed E-state index contributed by atoms with van der Waals surface area (Å²) in [5.74, 6) is 0.551. The molecule has 0 spiro atoms. The highest BCUT2D eigenvalue weighted by molar-refractivity contribution is 5.80. The molecule has 1 aliphatic rings. The van der Waals surface area contributed by atoms with Gasteiger partial charge < -0.3 is 24.6 Å². The lowest BCUT2D eigenvalue weighted by atomic mass is 10.0. The molecule has 1 fully saturated rings. The number of ether oxygens (including phenoxy) is 3. The lowest BCUT2D eigenvalue weighted by Gasteiger charge is -2.32. The maximum Gasteiger partial charge on any atom is 0.320 e. The van der Waals surface area contributed by atoms with E-state index < -0.39 is 12.0 Å². The first-order valence-electron chi connectivity index (χ1n) is 8.52. The zero-order valence-corrected chi connectivity index (χ0v) is 15.4. The van der Waals surface area contributed by atoms with E-state index in [1.165, 1.54) is 21.3 Å². The summed E-state index contributed by atoms with van der Waals surface area (Å²) in [5, 5.41) is 12.1. The summed E-state index contributed by atoms with van der Waals surface area (Å²) in [6.07, 6.45) is 2.35. The van der Waals surface area contributed by atoms with Gasteiger partial charge in [0.25, 0.3) is 0 Å². The van der Waals surface area contributed by atoms with Gasteiger partial charge in [-0.1, -0.05) is 6.42 Å². The molecule has 1 aromatic rings. The largest absolute Gasteiger partial charge is 0.496 e. The van der Waals surface area contributed by atoms with Crippen molar-refractivity contribution in [1.29, 1.82) is 0 Å². The van der Waals surface area contributed by atoms with Crippen molar-refractivity contribution in [3.63, 3.8) is 0 Å². The second-order valence-electron chi connectivity index (χ2n) is 6.12. The molecule has 0 saturated carbocycles. The molecule has 1 amide bonds. The van der Waals surface area contributed by atoms with Gasteiger partial charge in [-0.15, -0.1) is 0 Å². The first kappa shape index (κ1) is 19.8. The molecule has 8 nitrogen and oxygen atoms in total. The highest BCUT2D eigenvalue weighted by Crippen LogP contribution is 2.34. The SMILES string of the molecule is COc1cc(OC)c(OC)cc1CNC(=O)CN1CCCCC1C(=O)O. The number of hydrogen-bond donors (Lipinski definition) is 2. The number of carbonyl (C=O) groups is 2. The molecule has 1 atom stereocenters. The van der Waals surface area contributed by atoms with Crippen LogP contribution in [0.1, 0.15) is 24.8 Å². The predicted octanol–water partition coefficient (Wildman–Crippen LogP) is 1.27. The smallest absolute Gasteiger partial charge is 0.320 e. The maximum absolute atomic E-state index is 12.3. The Morgan fingerprint density at radius 1 is 1.12 bits per heavy atom. The van der Waals surface area contributed by atoms with Crippen molar-refractivity contribution in [2.45, 2.75) is 31.8 Å². The van der Waals surface area contributed by atoms with E-state index in [9.17, 15) is 14.7 Å². The summed E-state index contributed by atoms with van der Waals surface area (Å²) in [6.45, 7) is 0.921. The Kier molecular flexibility index (Phi) is 7.08. The number of hydrogen-bond acceptors (Lipinski definition) is 6. The van der Waals surface area contributed by atoms with E-state index in [1.54, 1.807) is 17.0 Å². The minimum atomic E-state index is -0.876. The van der Waals surface area contributed by atoms with Gasteiger partial charge in [-0.25, -0.2) is 0 Å². The van der Waals surface area contributed by atoms with Crippen LogP contribution in [0.4, 0.5) is 0 Å². The number of aliphatic carboxylic acids is 1. The molecular formula is C18H26N2O6. The van der Waals surface area contributed by atoms with Gasteiger partial charge in [-0.2, -0.15) is 0 Å². The molecule has 2 N–H and O–H groups in total. The summed E-state index contributed by atoms with van der Waals surface area (Å²) in [4.78, 5) is 25.3. The normalized spacial score (nSPS) is 17.4. The number of piperidine rings is 1. The fourth-order valence-corrected chi connectivity index (χ4v) is 3.12. The number of carbonyl (C=O) groups excluding carboxylic acids is 1. The van der Waals surface area contributed by atoms with Crippen molar-refractivity contribution in [3.05, 3.63) is 17.7 Å². The van der Waals surface area contributed by atoms with Gasteiger partial charge in [0, 0.05) is 18.2 Å². The number of likely N-dealkylation sites (tertiary alicyclic amines) is 1. The van der Waals surface area contributed by atoms with Gasteiger partial charge in [-0.3, -0.25) is 14.5 Å². The number of carboxylic acids is 1. The first-order chi connectivity index (χ1) is 12.5. The molecule has 0 radical (unpaired) electrons. The van der Waals surface area contributed by atoms with Crippen molar-refractivity contribution in [2.24, 2.45) is 0 Å². The summed E-state index contributed by atoms with van der Waals surface area (Å²) in [5.41, 5.74) is 0.743. The standard InChI is InChI=1S/C18H26N2O6/c1-24-14-9-16(26-3)15(25-2)8-12(14)10-19-17(21)11-20-7-5-4-6-13(20)18(22)23/h8-9,13H,4-7,10-11H2,1-3H3,(H,19,21)(H,22,23). The van der Waals surface area contributed by atoms with Crippen molar-refractivity contribution in [3.8, 4) is 17.2 Å². The second kappa shape index (κ2) is 9.28. The van der Waals surface area contributed by atoms with Crippen molar-refractivity contribution in [1.82, 2.24) is 10.2 Å². The molecule has 8 heteroatoms. The average Bonchev–Trinajstić information content (AvgIpc) is 2.65. The minimum Gasteiger partial charge on any atom is -0.496 e. The molecule has 0 aliphatic carbocycles. The maximum atomic E-state index is 12.3. The van der Waals surface area contributed by atoms with E-state index >= 15 is 0 Å². The third kappa shape index (κ3) is 4.78. The fourth-order valence-electron chi connectivity index (χ4n) is 3.12. The summed E-state index contributed by atoms with van der Waals surface area (Å²) < 4.78 is 15.9. The van der Waals surface area contributed by atoms with E-state index in [0.29, 0.717) is 30.2 Å². The second-order valence-corrected chi connectivity index (χ2v) is 6.12. The van der Waals surface area contributed by atoms with Crippen LogP contribution in [0.15, 0.2) is 12.1 Å². The van der Waals surface area contributed by atoms with Crippen LogP contribution in [0.25, 0.3) is 0 Å². The zero-order valence-electron chi connectivity index (χ0n) is 15.4. The van der Waals surface area contributed by atoms with E-state index in [4.69, 9.17) is 14.2 Å². The third-order valence-electron chi connectivity index (χ3n) is 4.51. The predicted molar refractivity (Wildman–Crippen MR) is 94.8 cm³/mol. The number of amides is 1. The monoisotopic (exact) mass is 366 g/mol. The van der Waals surface area contributed by atoms with E-state index in [2.05, 4.69) is 5.32 Å². The molecule has 0 aromatic heterocycles. The highest BCUT2D eigenvalue weighted by atomic mass is 16.5. The molecule has 1 aromatic carbocycles. The molecule has 2 rings (SSSR count). The molecule has 1 aliphatic heterocycles. The minimum absolute atomic E-state index is 0.0621. The van der Waals surface area contributed by atoms with Gasteiger partial charge in [-0.05, 0) is 25.5 Å². The number of nitrogens with one attached hydrogen (secondary N) is 1. The summed E-state index contributed by atoms with van der Waals surface area (Å²) in [6, 6.07) is 2.86. The Labute approximate surface area is 153 Å². The Bertz CT molecular complexity index is 649. The van der Waals surface area contributed by atoms with Crippen LogP contribution in [0, 0.1) is 0 Å². The van der Waals surface area contributed by atoms with Gasteiger partial charge in [0.15, 0.2) is 11.5 Å². The summed E-state index contributed by atoms with van der Waals surface area (Å²) >= 11 is 0. The number of nitrogens with zero attached hydrogens (tertiary/aromatic N) is 1. The van der Waals surface area contributed by atoms with Crippen LogP contribution in [0.3, 0.4) is 0 Å². The van der Waals surface area contributed by atoms with Crippen molar-refractivity contribution in [2.75, 3.05) is 34.4 Å². The molecule has 26 heavy (non-hydrogen) atoms. The summed E-state index contributed by atoms with van der Waals surface area (Å²) in [7, 11) is 4.61. The molecular weight excluding hydrogens is 340 g/mol. The van der Waals surface area contributed by atoms with Crippen LogP contribution >= 0.6 is 0 Å². The Hall–Kier alpha value is -2.48. The van der Waals surface area contributed by atoms with Crippen LogP contribution < -0.4 is 19.5 Å². The highest BCUT2D eigenvalue weighted by Gasteiger charge is 2.29. The van der Waals surface area contributed by atoms with E-state index in [0.717, 1.165) is 18.4 Å². The Morgan fingerprint density at radius 2 is 1.77 bits per heavy atom. The van der Waals surface area contributed by atoms with Crippen LogP contribution in [0.2, 0.25) is 0 Å². The van der Waals surface area contributed by atoms with Gasteiger partial charge in [0.1, 0.15) is 11.8 Å². The molecule has 0 bridgehead atoms. The number of methoxy groups -OCH3 is 3. The lowest BCUT2D eigenvalue weighted by molar-refractivity contribution is -0.145. The Morgan fingerprint density at radius 3 is 2.38 bits per heavy atom. The molecule has 1 saturated heterocycles. The van der Waals surface area contributed by atoms with Gasteiger partial charge in [0.2, 0.25) is 5.91 Å². The molecule has 144 valence electrons. The number of rotatable bonds is 8. The van der Waals surface area contributed by atoms with Crippen LogP contribution in [-0.2, 0) is 16.1 Å². The van der Waals surface area contributed by atoms with Crippen molar-refractivity contribution < 1.29 is 28.9 Å². The van der Waals surface area contributed by atoms with Crippen LogP contribution in [0.5, 0.6) is 17.2 Å². The fraction of sp³-hybridized carbons (Fsp3) is 0.556. The molecule has 1 unspecified atom stereocenters. The third-order valence-corrected chi connectivity index (χ3v) is 4.51. The number of benzene rings is 1. The van der Waals surface area contributed by atoms with E-state index in [1.807, 2.05) is 0 Å². The van der Waals surface area contributed by atoms with Gasteiger partial charge in [0.05, 0.1) is 27.9 Å².